The second-order valence-corrected chi connectivity index (χ2v) is 3.53. The Labute approximate surface area is 79.6 Å². The zero-order chi connectivity index (χ0) is 9.10. The van der Waals surface area contributed by atoms with Crippen molar-refractivity contribution in [2.45, 2.75) is 13.0 Å². The molecule has 1 aromatic rings. The fourth-order valence-corrected chi connectivity index (χ4v) is 1.64. The molecule has 0 aromatic heterocycles. The summed E-state index contributed by atoms with van der Waals surface area (Å²) in [6, 6.07) is 8.47. The lowest BCUT2D eigenvalue weighted by molar-refractivity contribution is 0.328. The minimum absolute atomic E-state index is 1.04. The quantitative estimate of drug-likeness (QED) is 0.649. The van der Waals surface area contributed by atoms with Crippen LogP contribution in [0, 0.1) is 6.54 Å². The zero-order valence-corrected chi connectivity index (χ0v) is 7.96. The van der Waals surface area contributed by atoms with Crippen molar-refractivity contribution in [2.24, 2.45) is 0 Å². The fourth-order valence-electron chi connectivity index (χ4n) is 1.64. The standard InChI is InChI=1S/C11H15N2/c1-13-8-4-7-12-11-6-3-2-5-10(11)9-13/h2-3,5-7,12H,4,8-9H2,1H3. The third-order valence-electron chi connectivity index (χ3n) is 2.37. The van der Waals surface area contributed by atoms with Gasteiger partial charge in [-0.25, -0.2) is 0 Å². The molecule has 1 aliphatic rings. The van der Waals surface area contributed by atoms with Crippen molar-refractivity contribution in [3.8, 4) is 0 Å². The average molecular weight is 175 g/mol. The van der Waals surface area contributed by atoms with Gasteiger partial charge in [-0.3, -0.25) is 0 Å². The maximum atomic E-state index is 3.33. The second kappa shape index (κ2) is 3.79. The Kier molecular flexibility index (Phi) is 2.50. The van der Waals surface area contributed by atoms with E-state index in [0.29, 0.717) is 0 Å². The van der Waals surface area contributed by atoms with Crippen molar-refractivity contribution >= 4 is 5.69 Å². The zero-order valence-electron chi connectivity index (χ0n) is 7.96. The molecule has 0 saturated carbocycles. The molecule has 0 atom stereocenters. The van der Waals surface area contributed by atoms with Crippen LogP contribution in [-0.2, 0) is 6.54 Å². The SMILES string of the molecule is CN1CC[CH]Nc2ccccc2C1. The number of hydrogen-bond acceptors (Lipinski definition) is 2. The number of rotatable bonds is 0. The maximum absolute atomic E-state index is 3.33. The highest BCUT2D eigenvalue weighted by Crippen LogP contribution is 2.19. The minimum atomic E-state index is 1.04. The normalized spacial score (nSPS) is 18.2. The molecule has 1 aromatic carbocycles. The Bertz CT molecular complexity index is 283. The lowest BCUT2D eigenvalue weighted by Crippen LogP contribution is -2.22. The summed E-state index contributed by atoms with van der Waals surface area (Å²) >= 11 is 0. The van der Waals surface area contributed by atoms with Crippen molar-refractivity contribution < 1.29 is 0 Å². The molecule has 1 radical (unpaired) electrons. The summed E-state index contributed by atoms with van der Waals surface area (Å²) in [5.41, 5.74) is 2.62. The van der Waals surface area contributed by atoms with Crippen LogP contribution in [0.2, 0.25) is 0 Å². The third kappa shape index (κ3) is 2.01. The first-order valence-corrected chi connectivity index (χ1v) is 4.71. The van der Waals surface area contributed by atoms with Crippen LogP contribution < -0.4 is 5.32 Å². The van der Waals surface area contributed by atoms with Gasteiger partial charge in [-0.1, -0.05) is 18.2 Å². The van der Waals surface area contributed by atoms with E-state index in [2.05, 4.69) is 48.1 Å². The van der Waals surface area contributed by atoms with Gasteiger partial charge in [0.25, 0.3) is 0 Å². The van der Waals surface area contributed by atoms with Crippen molar-refractivity contribution in [2.75, 3.05) is 18.9 Å². The molecule has 0 unspecified atom stereocenters. The van der Waals surface area contributed by atoms with Crippen LogP contribution in [0.25, 0.3) is 0 Å². The number of nitrogens with one attached hydrogen (secondary N) is 1. The van der Waals surface area contributed by atoms with Crippen molar-refractivity contribution in [3.63, 3.8) is 0 Å². The van der Waals surface area contributed by atoms with Crippen molar-refractivity contribution in [1.29, 1.82) is 0 Å². The number of fused-ring (bicyclic) bond motifs is 1. The fraction of sp³-hybridized carbons (Fsp3) is 0.364. The van der Waals surface area contributed by atoms with Crippen LogP contribution in [0.15, 0.2) is 24.3 Å². The van der Waals surface area contributed by atoms with Crippen LogP contribution in [0.3, 0.4) is 0 Å². The molecule has 0 bridgehead atoms. The summed E-state index contributed by atoms with van der Waals surface area (Å²) < 4.78 is 0. The van der Waals surface area contributed by atoms with Gasteiger partial charge in [0.05, 0.1) is 0 Å². The molecular formula is C11H15N2. The molecule has 1 N–H and O–H groups in total. The van der Waals surface area contributed by atoms with Gasteiger partial charge in [0, 0.05) is 25.3 Å². The average Bonchev–Trinajstić information content (AvgIpc) is 2.11. The van der Waals surface area contributed by atoms with Crippen molar-refractivity contribution in [3.05, 3.63) is 36.4 Å². The first kappa shape index (κ1) is 8.57. The predicted octanol–water partition coefficient (Wildman–Crippen LogP) is 2.10. The van der Waals surface area contributed by atoms with E-state index < -0.39 is 0 Å². The van der Waals surface area contributed by atoms with E-state index in [9.17, 15) is 0 Å². The number of para-hydroxylation sites is 1. The third-order valence-corrected chi connectivity index (χ3v) is 2.37. The highest BCUT2D eigenvalue weighted by molar-refractivity contribution is 5.52. The molecule has 2 heteroatoms. The molecule has 2 nitrogen and oxygen atoms in total. The molecule has 0 saturated heterocycles. The first-order valence-electron chi connectivity index (χ1n) is 4.71. The van der Waals surface area contributed by atoms with Gasteiger partial charge in [-0.05, 0) is 25.1 Å². The molecule has 0 amide bonds. The van der Waals surface area contributed by atoms with Gasteiger partial charge in [-0.2, -0.15) is 0 Å². The molecule has 0 spiro atoms. The van der Waals surface area contributed by atoms with E-state index in [1.54, 1.807) is 0 Å². The Balaban J connectivity index is 2.25. The summed E-state index contributed by atoms with van der Waals surface area (Å²) in [4.78, 5) is 2.34. The molecule has 0 aliphatic carbocycles. The van der Waals surface area contributed by atoms with Crippen molar-refractivity contribution in [1.82, 2.24) is 4.90 Å². The monoisotopic (exact) mass is 175 g/mol. The second-order valence-electron chi connectivity index (χ2n) is 3.53. The van der Waals surface area contributed by atoms with Gasteiger partial charge in [0.15, 0.2) is 0 Å². The van der Waals surface area contributed by atoms with Crippen LogP contribution in [0.5, 0.6) is 0 Å². The predicted molar refractivity (Wildman–Crippen MR) is 55.3 cm³/mol. The van der Waals surface area contributed by atoms with Gasteiger partial charge in [0.2, 0.25) is 0 Å². The van der Waals surface area contributed by atoms with Gasteiger partial charge >= 0.3 is 0 Å². The number of benzene rings is 1. The van der Waals surface area contributed by atoms with E-state index in [0.717, 1.165) is 19.5 Å². The first-order chi connectivity index (χ1) is 6.36. The Morgan fingerprint density at radius 2 is 2.15 bits per heavy atom. The van der Waals surface area contributed by atoms with Crippen LogP contribution in [0.4, 0.5) is 5.69 Å². The molecule has 0 fully saturated rings. The molecule has 1 aliphatic heterocycles. The van der Waals surface area contributed by atoms with Gasteiger partial charge in [0.1, 0.15) is 0 Å². The highest BCUT2D eigenvalue weighted by atomic mass is 15.1. The number of nitrogens with zero attached hydrogens (tertiary/aromatic N) is 1. The lowest BCUT2D eigenvalue weighted by Gasteiger charge is -2.22. The molecule has 69 valence electrons. The molecule has 1 heterocycles. The summed E-state index contributed by atoms with van der Waals surface area (Å²) in [6.45, 7) is 4.30. The smallest absolute Gasteiger partial charge is 0.0475 e. The Hall–Kier alpha value is -1.02. The Morgan fingerprint density at radius 3 is 3.08 bits per heavy atom. The van der Waals surface area contributed by atoms with E-state index >= 15 is 0 Å². The summed E-state index contributed by atoms with van der Waals surface area (Å²) in [6.07, 6.45) is 1.10. The summed E-state index contributed by atoms with van der Waals surface area (Å²) in [7, 11) is 2.16. The molecule has 2 rings (SSSR count). The number of hydrogen-bond donors (Lipinski definition) is 1. The van der Waals surface area contributed by atoms with Crippen LogP contribution >= 0.6 is 0 Å². The minimum Gasteiger partial charge on any atom is -0.380 e. The maximum Gasteiger partial charge on any atom is 0.0475 e. The van der Waals surface area contributed by atoms with E-state index in [-0.39, 0.29) is 0 Å². The molecular weight excluding hydrogens is 160 g/mol. The number of anilines is 1. The summed E-state index contributed by atoms with van der Waals surface area (Å²) in [5, 5.41) is 3.33. The topological polar surface area (TPSA) is 15.3 Å². The lowest BCUT2D eigenvalue weighted by atomic mass is 10.1. The van der Waals surface area contributed by atoms with E-state index in [1.807, 2.05) is 0 Å². The molecule has 13 heavy (non-hydrogen) atoms. The van der Waals surface area contributed by atoms with Crippen LogP contribution in [0.1, 0.15) is 12.0 Å². The van der Waals surface area contributed by atoms with Crippen LogP contribution in [-0.4, -0.2) is 18.5 Å². The van der Waals surface area contributed by atoms with E-state index in [1.165, 1.54) is 11.3 Å². The van der Waals surface area contributed by atoms with Gasteiger partial charge in [-0.15, -0.1) is 0 Å². The summed E-state index contributed by atoms with van der Waals surface area (Å²) in [5.74, 6) is 0. The Morgan fingerprint density at radius 1 is 1.31 bits per heavy atom. The van der Waals surface area contributed by atoms with Gasteiger partial charge < -0.3 is 10.2 Å². The highest BCUT2D eigenvalue weighted by Gasteiger charge is 2.07. The largest absolute Gasteiger partial charge is 0.380 e. The van der Waals surface area contributed by atoms with E-state index in [4.69, 9.17) is 0 Å².